The Kier molecular flexibility index (Phi) is 5.07. The highest BCUT2D eigenvalue weighted by Crippen LogP contribution is 2.35. The predicted molar refractivity (Wildman–Crippen MR) is 105 cm³/mol. The van der Waals surface area contributed by atoms with Crippen LogP contribution in [0.1, 0.15) is 21.6 Å². The van der Waals surface area contributed by atoms with Gasteiger partial charge in [-0.2, -0.15) is 0 Å². The molecule has 0 aliphatic heterocycles. The van der Waals surface area contributed by atoms with Crippen molar-refractivity contribution in [3.05, 3.63) is 62.7 Å². The van der Waals surface area contributed by atoms with Crippen LogP contribution >= 0.6 is 27.5 Å². The summed E-state index contributed by atoms with van der Waals surface area (Å²) in [6, 6.07) is 10.5. The highest BCUT2D eigenvalue weighted by molar-refractivity contribution is 9.10. The van der Waals surface area contributed by atoms with Crippen LogP contribution in [0.25, 0.3) is 10.9 Å². The lowest BCUT2D eigenvalue weighted by molar-refractivity contribution is -0.117. The number of benzene rings is 2. The summed E-state index contributed by atoms with van der Waals surface area (Å²) in [5.74, 6) is -0.216. The summed E-state index contributed by atoms with van der Waals surface area (Å²) in [5.41, 5.74) is 7.87. The average Bonchev–Trinajstić information content (AvgIpc) is 2.85. The van der Waals surface area contributed by atoms with Crippen LogP contribution in [0.5, 0.6) is 5.75 Å². The smallest absolute Gasteiger partial charge is 0.262 e. The van der Waals surface area contributed by atoms with Crippen LogP contribution in [0.15, 0.2) is 40.9 Å². The fourth-order valence-corrected chi connectivity index (χ4v) is 3.52. The molecule has 26 heavy (non-hydrogen) atoms. The number of nitrogens with zero attached hydrogens (tertiary/aromatic N) is 1. The number of ether oxygens (including phenoxy) is 1. The molecule has 0 saturated carbocycles. The minimum Gasteiger partial charge on any atom is -0.495 e. The first-order valence-electron chi connectivity index (χ1n) is 7.79. The van der Waals surface area contributed by atoms with E-state index in [4.69, 9.17) is 22.1 Å². The molecule has 0 spiro atoms. The first kappa shape index (κ1) is 18.5. The molecule has 7 heteroatoms. The molecule has 1 heterocycles. The molecule has 3 rings (SSSR count). The monoisotopic (exact) mass is 434 g/mol. The molecule has 2 aromatic carbocycles. The number of carbonyl (C=O) groups is 2. The van der Waals surface area contributed by atoms with Gasteiger partial charge in [-0.1, -0.05) is 27.5 Å². The van der Waals surface area contributed by atoms with E-state index < -0.39 is 5.91 Å². The number of fused-ring (bicyclic) bond motifs is 1. The van der Waals surface area contributed by atoms with E-state index in [1.54, 1.807) is 47.9 Å². The molecule has 2 N–H and O–H groups in total. The van der Waals surface area contributed by atoms with Crippen LogP contribution in [-0.2, 0) is 11.2 Å². The molecular formula is C19H16BrClN2O3. The van der Waals surface area contributed by atoms with Crippen LogP contribution in [0.4, 0.5) is 0 Å². The van der Waals surface area contributed by atoms with E-state index in [9.17, 15) is 9.59 Å². The SMILES string of the molecule is COc1cc2c(CC(N)=O)c(C)n(C(=O)c3ccc(Br)cc3)c2cc1Cl. The second-order valence-electron chi connectivity index (χ2n) is 5.86. The standard InChI is InChI=1S/C19H16BrClN2O3/c1-10-13(8-18(22)24)14-7-17(26-2)15(21)9-16(14)23(10)19(25)11-3-5-12(20)6-4-11/h3-7,9H,8H2,1-2H3,(H2,22,24). The van der Waals surface area contributed by atoms with E-state index in [1.165, 1.54) is 7.11 Å². The van der Waals surface area contributed by atoms with Gasteiger partial charge >= 0.3 is 0 Å². The van der Waals surface area contributed by atoms with Crippen molar-refractivity contribution in [3.63, 3.8) is 0 Å². The molecular weight excluding hydrogens is 420 g/mol. The van der Waals surface area contributed by atoms with Gasteiger partial charge in [-0.15, -0.1) is 0 Å². The molecule has 0 saturated heterocycles. The molecule has 0 unspecified atom stereocenters. The van der Waals surface area contributed by atoms with E-state index in [0.29, 0.717) is 38.5 Å². The Morgan fingerprint density at radius 3 is 2.46 bits per heavy atom. The zero-order chi connectivity index (χ0) is 19.0. The minimum atomic E-state index is -0.475. The minimum absolute atomic E-state index is 0.0216. The number of methoxy groups -OCH3 is 1. The third-order valence-corrected chi connectivity index (χ3v) is 5.08. The number of hydrogen-bond donors (Lipinski definition) is 1. The summed E-state index contributed by atoms with van der Waals surface area (Å²) in [7, 11) is 1.51. The van der Waals surface area contributed by atoms with Gasteiger partial charge in [0.05, 0.1) is 24.1 Å². The number of rotatable bonds is 4. The largest absolute Gasteiger partial charge is 0.495 e. The summed E-state index contributed by atoms with van der Waals surface area (Å²) in [6.07, 6.45) is 0.0216. The van der Waals surface area contributed by atoms with E-state index >= 15 is 0 Å². The lowest BCUT2D eigenvalue weighted by Crippen LogP contribution is -2.16. The fraction of sp³-hybridized carbons (Fsp3) is 0.158. The van der Waals surface area contributed by atoms with Gasteiger partial charge in [-0.05, 0) is 48.9 Å². The van der Waals surface area contributed by atoms with Gasteiger partial charge in [-0.25, -0.2) is 0 Å². The number of hydrogen-bond acceptors (Lipinski definition) is 3. The third-order valence-electron chi connectivity index (χ3n) is 4.25. The second-order valence-corrected chi connectivity index (χ2v) is 7.18. The highest BCUT2D eigenvalue weighted by atomic mass is 79.9. The van der Waals surface area contributed by atoms with Gasteiger partial charge in [0, 0.05) is 21.1 Å². The lowest BCUT2D eigenvalue weighted by Gasteiger charge is -2.09. The molecule has 134 valence electrons. The zero-order valence-corrected chi connectivity index (χ0v) is 16.5. The molecule has 3 aromatic rings. The molecule has 0 radical (unpaired) electrons. The summed E-state index contributed by atoms with van der Waals surface area (Å²) < 4.78 is 7.71. The van der Waals surface area contributed by atoms with Crippen molar-refractivity contribution >= 4 is 50.2 Å². The van der Waals surface area contributed by atoms with Gasteiger partial charge in [-0.3, -0.25) is 14.2 Å². The molecule has 0 aliphatic rings. The Balaban J connectivity index is 2.28. The Morgan fingerprint density at radius 2 is 1.88 bits per heavy atom. The molecule has 0 atom stereocenters. The summed E-state index contributed by atoms with van der Waals surface area (Å²) >= 11 is 9.63. The Hall–Kier alpha value is -2.31. The number of nitrogens with two attached hydrogens (primary N) is 1. The average molecular weight is 436 g/mol. The van der Waals surface area contributed by atoms with E-state index in [1.807, 2.05) is 0 Å². The molecule has 1 aromatic heterocycles. The highest BCUT2D eigenvalue weighted by Gasteiger charge is 2.22. The predicted octanol–water partition coefficient (Wildman–Crippen LogP) is 4.09. The third kappa shape index (κ3) is 3.22. The molecule has 1 amide bonds. The van der Waals surface area contributed by atoms with Crippen molar-refractivity contribution in [2.45, 2.75) is 13.3 Å². The van der Waals surface area contributed by atoms with Crippen molar-refractivity contribution < 1.29 is 14.3 Å². The summed E-state index contributed by atoms with van der Waals surface area (Å²) in [4.78, 5) is 24.7. The van der Waals surface area contributed by atoms with Crippen LogP contribution in [0.2, 0.25) is 5.02 Å². The number of amides is 1. The molecule has 0 fully saturated rings. The van der Waals surface area contributed by atoms with Crippen molar-refractivity contribution in [3.8, 4) is 5.75 Å². The second kappa shape index (κ2) is 7.13. The zero-order valence-electron chi connectivity index (χ0n) is 14.2. The molecule has 0 aliphatic carbocycles. The van der Waals surface area contributed by atoms with Gasteiger partial charge in [0.1, 0.15) is 5.75 Å². The topological polar surface area (TPSA) is 74.3 Å². The fourth-order valence-electron chi connectivity index (χ4n) is 3.02. The first-order chi connectivity index (χ1) is 12.3. The van der Waals surface area contributed by atoms with Crippen LogP contribution < -0.4 is 10.5 Å². The number of halogens is 2. The Morgan fingerprint density at radius 1 is 1.23 bits per heavy atom. The maximum atomic E-state index is 13.1. The summed E-state index contributed by atoms with van der Waals surface area (Å²) in [5, 5.41) is 1.10. The normalized spacial score (nSPS) is 10.9. The number of primary amides is 1. The lowest BCUT2D eigenvalue weighted by atomic mass is 10.1. The first-order valence-corrected chi connectivity index (χ1v) is 8.96. The van der Waals surface area contributed by atoms with E-state index in [2.05, 4.69) is 15.9 Å². The van der Waals surface area contributed by atoms with Crippen molar-refractivity contribution in [2.24, 2.45) is 5.73 Å². The van der Waals surface area contributed by atoms with Crippen molar-refractivity contribution in [1.29, 1.82) is 0 Å². The van der Waals surface area contributed by atoms with Gasteiger partial charge in [0.2, 0.25) is 5.91 Å². The number of aromatic nitrogens is 1. The Labute approximate surface area is 163 Å². The van der Waals surface area contributed by atoms with Crippen molar-refractivity contribution in [1.82, 2.24) is 4.57 Å². The summed E-state index contributed by atoms with van der Waals surface area (Å²) in [6.45, 7) is 1.79. The van der Waals surface area contributed by atoms with Gasteiger partial charge in [0.15, 0.2) is 0 Å². The van der Waals surface area contributed by atoms with Crippen LogP contribution in [0, 0.1) is 6.92 Å². The van der Waals surface area contributed by atoms with E-state index in [0.717, 1.165) is 4.47 Å². The maximum Gasteiger partial charge on any atom is 0.262 e. The number of carbonyl (C=O) groups excluding carboxylic acids is 2. The maximum absolute atomic E-state index is 13.1. The molecule has 0 bridgehead atoms. The quantitative estimate of drug-likeness (QED) is 0.671. The van der Waals surface area contributed by atoms with Gasteiger partial charge < -0.3 is 10.5 Å². The Bertz CT molecular complexity index is 1030. The van der Waals surface area contributed by atoms with Crippen LogP contribution in [0.3, 0.4) is 0 Å². The van der Waals surface area contributed by atoms with Crippen LogP contribution in [-0.4, -0.2) is 23.5 Å². The molecule has 5 nitrogen and oxygen atoms in total. The van der Waals surface area contributed by atoms with Crippen molar-refractivity contribution in [2.75, 3.05) is 7.11 Å². The van der Waals surface area contributed by atoms with E-state index in [-0.39, 0.29) is 12.3 Å². The van der Waals surface area contributed by atoms with Gasteiger partial charge in [0.25, 0.3) is 5.91 Å².